The van der Waals surface area contributed by atoms with Crippen LogP contribution in [0.4, 0.5) is 0 Å². The SMILES string of the molecule is CCn1c2cc(C)oc2c2cnn(CC(=O)N(C)C)c(=O)c21. The van der Waals surface area contributed by atoms with Gasteiger partial charge in [0.05, 0.1) is 17.1 Å². The second kappa shape index (κ2) is 5.01. The van der Waals surface area contributed by atoms with Gasteiger partial charge in [0.25, 0.3) is 5.56 Å². The van der Waals surface area contributed by atoms with E-state index in [2.05, 4.69) is 5.10 Å². The summed E-state index contributed by atoms with van der Waals surface area (Å²) in [5.74, 6) is 0.615. The highest BCUT2D eigenvalue weighted by Crippen LogP contribution is 2.29. The van der Waals surface area contributed by atoms with E-state index in [-0.39, 0.29) is 18.0 Å². The summed E-state index contributed by atoms with van der Waals surface area (Å²) in [5, 5.41) is 4.80. The van der Waals surface area contributed by atoms with Crippen LogP contribution in [0, 0.1) is 6.92 Å². The van der Waals surface area contributed by atoms with Crippen molar-refractivity contribution in [1.29, 1.82) is 0 Å². The van der Waals surface area contributed by atoms with Crippen molar-refractivity contribution in [2.75, 3.05) is 14.1 Å². The normalized spacial score (nSPS) is 11.5. The fraction of sp³-hybridized carbons (Fsp3) is 0.400. The first-order valence-corrected chi connectivity index (χ1v) is 7.12. The molecule has 3 heterocycles. The molecular formula is C15H18N4O3. The maximum Gasteiger partial charge on any atom is 0.291 e. The van der Waals surface area contributed by atoms with Crippen molar-refractivity contribution in [3.8, 4) is 0 Å². The molecule has 3 aromatic rings. The minimum Gasteiger partial charge on any atom is -0.459 e. The number of hydrogen-bond donors (Lipinski definition) is 0. The molecule has 0 N–H and O–H groups in total. The van der Waals surface area contributed by atoms with E-state index in [1.54, 1.807) is 20.3 Å². The summed E-state index contributed by atoms with van der Waals surface area (Å²) in [6.45, 7) is 4.41. The van der Waals surface area contributed by atoms with Crippen LogP contribution in [0.5, 0.6) is 0 Å². The molecule has 0 fully saturated rings. The number of furan rings is 1. The molecule has 3 rings (SSSR count). The van der Waals surface area contributed by atoms with Crippen LogP contribution in [0.15, 0.2) is 21.5 Å². The lowest BCUT2D eigenvalue weighted by atomic mass is 10.3. The molecule has 0 atom stereocenters. The largest absolute Gasteiger partial charge is 0.459 e. The Hall–Kier alpha value is -2.57. The van der Waals surface area contributed by atoms with Gasteiger partial charge in [-0.15, -0.1) is 0 Å². The maximum absolute atomic E-state index is 12.7. The van der Waals surface area contributed by atoms with Gasteiger partial charge in [-0.25, -0.2) is 4.68 Å². The van der Waals surface area contributed by atoms with Crippen molar-refractivity contribution in [2.24, 2.45) is 0 Å². The van der Waals surface area contributed by atoms with Crippen LogP contribution in [0.2, 0.25) is 0 Å². The van der Waals surface area contributed by atoms with E-state index in [0.717, 1.165) is 11.3 Å². The minimum atomic E-state index is -0.279. The van der Waals surface area contributed by atoms with Crippen molar-refractivity contribution >= 4 is 27.9 Å². The first-order chi connectivity index (χ1) is 10.4. The highest BCUT2D eigenvalue weighted by Gasteiger charge is 2.19. The van der Waals surface area contributed by atoms with Gasteiger partial charge in [0.2, 0.25) is 5.91 Å². The lowest BCUT2D eigenvalue weighted by molar-refractivity contribution is -0.129. The van der Waals surface area contributed by atoms with Crippen LogP contribution in [-0.4, -0.2) is 39.3 Å². The molecule has 22 heavy (non-hydrogen) atoms. The molecule has 0 bridgehead atoms. The monoisotopic (exact) mass is 302 g/mol. The first-order valence-electron chi connectivity index (χ1n) is 7.12. The van der Waals surface area contributed by atoms with Crippen molar-refractivity contribution in [3.63, 3.8) is 0 Å². The molecule has 0 aliphatic heterocycles. The zero-order valence-electron chi connectivity index (χ0n) is 13.1. The fourth-order valence-electron chi connectivity index (χ4n) is 2.63. The Balaban J connectivity index is 2.26. The summed E-state index contributed by atoms with van der Waals surface area (Å²) >= 11 is 0. The number of fused-ring (bicyclic) bond motifs is 3. The summed E-state index contributed by atoms with van der Waals surface area (Å²) in [5.41, 5.74) is 1.80. The number of carbonyl (C=O) groups excluding carboxylic acids is 1. The van der Waals surface area contributed by atoms with Crippen LogP contribution >= 0.6 is 0 Å². The van der Waals surface area contributed by atoms with E-state index >= 15 is 0 Å². The van der Waals surface area contributed by atoms with E-state index in [0.29, 0.717) is 23.0 Å². The molecule has 116 valence electrons. The minimum absolute atomic E-state index is 0.0724. The maximum atomic E-state index is 12.7. The number of likely N-dealkylation sites (N-methyl/N-ethyl adjacent to an activating group) is 1. The van der Waals surface area contributed by atoms with E-state index in [4.69, 9.17) is 4.42 Å². The highest BCUT2D eigenvalue weighted by atomic mass is 16.3. The molecule has 0 saturated heterocycles. The van der Waals surface area contributed by atoms with Crippen molar-refractivity contribution in [3.05, 3.63) is 28.4 Å². The lowest BCUT2D eigenvalue weighted by Gasteiger charge is -2.11. The Morgan fingerprint density at radius 1 is 1.41 bits per heavy atom. The number of nitrogens with zero attached hydrogens (tertiary/aromatic N) is 4. The number of rotatable bonds is 3. The van der Waals surface area contributed by atoms with E-state index in [1.165, 1.54) is 9.58 Å². The summed E-state index contributed by atoms with van der Waals surface area (Å²) in [7, 11) is 3.30. The predicted octanol–water partition coefficient (Wildman–Crippen LogP) is 1.36. The van der Waals surface area contributed by atoms with Crippen LogP contribution in [0.1, 0.15) is 12.7 Å². The van der Waals surface area contributed by atoms with Crippen molar-refractivity contribution < 1.29 is 9.21 Å². The van der Waals surface area contributed by atoms with E-state index < -0.39 is 0 Å². The molecular weight excluding hydrogens is 284 g/mol. The Morgan fingerprint density at radius 2 is 2.14 bits per heavy atom. The molecule has 1 amide bonds. The van der Waals surface area contributed by atoms with Crippen LogP contribution in [-0.2, 0) is 17.9 Å². The van der Waals surface area contributed by atoms with Crippen molar-refractivity contribution in [2.45, 2.75) is 26.9 Å². The van der Waals surface area contributed by atoms with Gasteiger partial charge in [-0.3, -0.25) is 9.59 Å². The molecule has 0 aromatic carbocycles. The number of aryl methyl sites for hydroxylation is 2. The third kappa shape index (κ3) is 2.01. The number of amides is 1. The van der Waals surface area contributed by atoms with Crippen molar-refractivity contribution in [1.82, 2.24) is 19.2 Å². The van der Waals surface area contributed by atoms with E-state index in [9.17, 15) is 9.59 Å². The fourth-order valence-corrected chi connectivity index (χ4v) is 2.63. The molecule has 0 spiro atoms. The second-order valence-corrected chi connectivity index (χ2v) is 5.47. The lowest BCUT2D eigenvalue weighted by Crippen LogP contribution is -2.33. The van der Waals surface area contributed by atoms with Crippen LogP contribution < -0.4 is 5.56 Å². The Labute approximate surface area is 126 Å². The van der Waals surface area contributed by atoms with Gasteiger partial charge in [0.15, 0.2) is 5.58 Å². The van der Waals surface area contributed by atoms with Crippen LogP contribution in [0.3, 0.4) is 0 Å². The Bertz CT molecular complexity index is 930. The third-order valence-corrected chi connectivity index (χ3v) is 3.76. The smallest absolute Gasteiger partial charge is 0.291 e. The molecule has 3 aromatic heterocycles. The van der Waals surface area contributed by atoms with E-state index in [1.807, 2.05) is 24.5 Å². The second-order valence-electron chi connectivity index (χ2n) is 5.47. The van der Waals surface area contributed by atoms with Gasteiger partial charge in [-0.1, -0.05) is 0 Å². The van der Waals surface area contributed by atoms with Gasteiger partial charge >= 0.3 is 0 Å². The quantitative estimate of drug-likeness (QED) is 0.732. The molecule has 0 aliphatic rings. The summed E-state index contributed by atoms with van der Waals surface area (Å²) in [6, 6.07) is 1.91. The average molecular weight is 302 g/mol. The topological polar surface area (TPSA) is 73.3 Å². The third-order valence-electron chi connectivity index (χ3n) is 3.76. The number of hydrogen-bond acceptors (Lipinski definition) is 4. The van der Waals surface area contributed by atoms with Gasteiger partial charge < -0.3 is 13.9 Å². The van der Waals surface area contributed by atoms with Crippen LogP contribution in [0.25, 0.3) is 22.0 Å². The number of carbonyl (C=O) groups is 1. The molecule has 0 radical (unpaired) electrons. The molecule has 7 heteroatoms. The standard InChI is InChI=1S/C15H18N4O3/c1-5-18-11-6-9(2)22-14(11)10-7-16-19(15(21)13(10)18)8-12(20)17(3)4/h6-7H,5,8H2,1-4H3. The zero-order valence-corrected chi connectivity index (χ0v) is 13.1. The molecule has 0 aliphatic carbocycles. The van der Waals surface area contributed by atoms with Gasteiger partial charge in [0.1, 0.15) is 17.8 Å². The van der Waals surface area contributed by atoms with Gasteiger partial charge in [-0.05, 0) is 13.8 Å². The molecule has 0 saturated carbocycles. The highest BCUT2D eigenvalue weighted by molar-refractivity contribution is 6.04. The summed E-state index contributed by atoms with van der Waals surface area (Å²) in [6.07, 6.45) is 1.59. The predicted molar refractivity (Wildman–Crippen MR) is 82.9 cm³/mol. The molecule has 7 nitrogen and oxygen atoms in total. The van der Waals surface area contributed by atoms with Gasteiger partial charge in [-0.2, -0.15) is 5.10 Å². The zero-order chi connectivity index (χ0) is 16.0. The summed E-state index contributed by atoms with van der Waals surface area (Å²) in [4.78, 5) is 25.9. The average Bonchev–Trinajstić information content (AvgIpc) is 2.96. The van der Waals surface area contributed by atoms with Gasteiger partial charge in [0, 0.05) is 26.7 Å². The Kier molecular flexibility index (Phi) is 3.27. The molecule has 0 unspecified atom stereocenters. The Morgan fingerprint density at radius 3 is 2.77 bits per heavy atom. The number of aromatic nitrogens is 3. The summed E-state index contributed by atoms with van der Waals surface area (Å²) < 4.78 is 8.80. The first kappa shape index (κ1) is 14.4.